The molecule has 0 fully saturated rings. The summed E-state index contributed by atoms with van der Waals surface area (Å²) in [4.78, 5) is 0. The number of ether oxygens (including phenoxy) is 1. The summed E-state index contributed by atoms with van der Waals surface area (Å²) in [7, 11) is 0. The van der Waals surface area contributed by atoms with E-state index in [2.05, 4.69) is 5.32 Å². The first-order valence-corrected chi connectivity index (χ1v) is 7.10. The van der Waals surface area contributed by atoms with Gasteiger partial charge >= 0.3 is 0 Å². The summed E-state index contributed by atoms with van der Waals surface area (Å²) in [5.74, 6) is 0.744. The molecule has 0 aromatic heterocycles. The molecule has 3 N–H and O–H groups in total. The Kier molecular flexibility index (Phi) is 4.81. The van der Waals surface area contributed by atoms with Crippen LogP contribution in [-0.4, -0.2) is 16.8 Å². The molecule has 1 atom stereocenters. The first kappa shape index (κ1) is 15.3. The van der Waals surface area contributed by atoms with Crippen molar-refractivity contribution in [1.29, 1.82) is 0 Å². The average Bonchev–Trinajstić information content (AvgIpc) is 2.42. The van der Waals surface area contributed by atoms with Crippen LogP contribution in [0.15, 0.2) is 36.4 Å². The van der Waals surface area contributed by atoms with Gasteiger partial charge in [-0.25, -0.2) is 0 Å². The van der Waals surface area contributed by atoms with Crippen LogP contribution in [0.2, 0.25) is 5.02 Å². The van der Waals surface area contributed by atoms with Gasteiger partial charge in [0.25, 0.3) is 0 Å². The number of phenolic OH excluding ortho intramolecular Hbond substituents is 2. The van der Waals surface area contributed by atoms with E-state index in [9.17, 15) is 10.2 Å². The van der Waals surface area contributed by atoms with Crippen molar-refractivity contribution < 1.29 is 14.9 Å². The van der Waals surface area contributed by atoms with Crippen molar-refractivity contribution in [2.45, 2.75) is 19.9 Å². The molecule has 0 amide bonds. The second-order valence-electron chi connectivity index (χ2n) is 4.65. The first-order chi connectivity index (χ1) is 10.0. The maximum absolute atomic E-state index is 9.91. The molecular weight excluding hydrogens is 290 g/mol. The molecule has 4 nitrogen and oxygen atoms in total. The van der Waals surface area contributed by atoms with Crippen LogP contribution in [0.1, 0.15) is 25.5 Å². The fourth-order valence-corrected chi connectivity index (χ4v) is 2.36. The molecule has 2 aromatic carbocycles. The van der Waals surface area contributed by atoms with E-state index < -0.39 is 0 Å². The van der Waals surface area contributed by atoms with Crippen molar-refractivity contribution in [3.63, 3.8) is 0 Å². The summed E-state index contributed by atoms with van der Waals surface area (Å²) in [5, 5.41) is 23.6. The van der Waals surface area contributed by atoms with Crippen molar-refractivity contribution in [2.24, 2.45) is 0 Å². The van der Waals surface area contributed by atoms with Crippen LogP contribution in [0.5, 0.6) is 17.2 Å². The van der Waals surface area contributed by atoms with E-state index in [0.29, 0.717) is 28.6 Å². The Morgan fingerprint density at radius 1 is 1.19 bits per heavy atom. The Morgan fingerprint density at radius 2 is 1.86 bits per heavy atom. The van der Waals surface area contributed by atoms with E-state index in [1.807, 2.05) is 13.8 Å². The quantitative estimate of drug-likeness (QED) is 0.769. The number of rotatable bonds is 5. The number of anilines is 1. The molecular formula is C16H18ClNO3. The normalized spacial score (nSPS) is 12.0. The zero-order valence-corrected chi connectivity index (χ0v) is 12.7. The molecule has 0 aliphatic rings. The summed E-state index contributed by atoms with van der Waals surface area (Å²) in [6.45, 7) is 4.27. The highest BCUT2D eigenvalue weighted by Crippen LogP contribution is 2.37. The van der Waals surface area contributed by atoms with Gasteiger partial charge in [-0.2, -0.15) is 0 Å². The highest BCUT2D eigenvalue weighted by molar-refractivity contribution is 6.30. The molecule has 0 bridgehead atoms. The van der Waals surface area contributed by atoms with E-state index in [1.165, 1.54) is 12.1 Å². The lowest BCUT2D eigenvalue weighted by atomic mass is 10.1. The van der Waals surface area contributed by atoms with E-state index in [0.717, 1.165) is 0 Å². The van der Waals surface area contributed by atoms with Gasteiger partial charge in [-0.3, -0.25) is 0 Å². The molecule has 5 heteroatoms. The molecule has 1 unspecified atom stereocenters. The van der Waals surface area contributed by atoms with E-state index in [-0.39, 0.29) is 17.5 Å². The number of hydrogen-bond donors (Lipinski definition) is 3. The fourth-order valence-electron chi connectivity index (χ4n) is 2.19. The van der Waals surface area contributed by atoms with Gasteiger partial charge in [0.15, 0.2) is 0 Å². The lowest BCUT2D eigenvalue weighted by Gasteiger charge is -2.20. The van der Waals surface area contributed by atoms with Crippen molar-refractivity contribution >= 4 is 17.3 Å². The molecule has 0 aliphatic carbocycles. The van der Waals surface area contributed by atoms with Gasteiger partial charge in [0.05, 0.1) is 23.9 Å². The number of aromatic hydroxyl groups is 2. The summed E-state index contributed by atoms with van der Waals surface area (Å²) >= 11 is 6.01. The molecule has 0 saturated carbocycles. The standard InChI is InChI=1S/C16H18ClNO3/c1-3-21-15-8-7-11(17)9-12(15)18-10(2)16-13(19)5-4-6-14(16)20/h4-10,18-20H,3H2,1-2H3. The molecule has 0 spiro atoms. The highest BCUT2D eigenvalue weighted by atomic mass is 35.5. The predicted molar refractivity (Wildman–Crippen MR) is 84.4 cm³/mol. The first-order valence-electron chi connectivity index (χ1n) is 6.72. The summed E-state index contributed by atoms with van der Waals surface area (Å²) < 4.78 is 5.54. The Bertz CT molecular complexity index is 611. The Morgan fingerprint density at radius 3 is 2.48 bits per heavy atom. The third kappa shape index (κ3) is 3.52. The highest BCUT2D eigenvalue weighted by Gasteiger charge is 2.16. The van der Waals surface area contributed by atoms with Crippen LogP contribution in [0, 0.1) is 0 Å². The van der Waals surface area contributed by atoms with Crippen LogP contribution < -0.4 is 10.1 Å². The Labute approximate surface area is 129 Å². The average molecular weight is 308 g/mol. The van der Waals surface area contributed by atoms with Crippen LogP contribution in [0.25, 0.3) is 0 Å². The number of hydrogen-bond acceptors (Lipinski definition) is 4. The van der Waals surface area contributed by atoms with Crippen LogP contribution in [0.4, 0.5) is 5.69 Å². The number of nitrogens with one attached hydrogen (secondary N) is 1. The largest absolute Gasteiger partial charge is 0.507 e. The summed E-state index contributed by atoms with van der Waals surface area (Å²) in [6.07, 6.45) is 0. The molecule has 21 heavy (non-hydrogen) atoms. The molecule has 0 radical (unpaired) electrons. The van der Waals surface area contributed by atoms with Crippen molar-refractivity contribution in [3.05, 3.63) is 47.0 Å². The second-order valence-corrected chi connectivity index (χ2v) is 5.09. The maximum atomic E-state index is 9.91. The third-order valence-electron chi connectivity index (χ3n) is 3.11. The zero-order valence-electron chi connectivity index (χ0n) is 11.9. The van der Waals surface area contributed by atoms with Gasteiger partial charge in [0.1, 0.15) is 17.2 Å². The predicted octanol–water partition coefficient (Wildman–Crippen LogP) is 4.32. The van der Waals surface area contributed by atoms with Gasteiger partial charge in [0.2, 0.25) is 0 Å². The number of phenols is 2. The van der Waals surface area contributed by atoms with E-state index in [1.54, 1.807) is 24.3 Å². The summed E-state index contributed by atoms with van der Waals surface area (Å²) in [6, 6.07) is 9.63. The lowest BCUT2D eigenvalue weighted by molar-refractivity contribution is 0.341. The van der Waals surface area contributed by atoms with Gasteiger partial charge in [-0.05, 0) is 44.2 Å². The molecule has 0 aliphatic heterocycles. The molecule has 0 saturated heterocycles. The monoisotopic (exact) mass is 307 g/mol. The van der Waals surface area contributed by atoms with Crippen molar-refractivity contribution in [2.75, 3.05) is 11.9 Å². The minimum Gasteiger partial charge on any atom is -0.507 e. The molecule has 2 aromatic rings. The van der Waals surface area contributed by atoms with Gasteiger partial charge < -0.3 is 20.3 Å². The van der Waals surface area contributed by atoms with Gasteiger partial charge in [-0.15, -0.1) is 0 Å². The molecule has 0 heterocycles. The van der Waals surface area contributed by atoms with E-state index >= 15 is 0 Å². The SMILES string of the molecule is CCOc1ccc(Cl)cc1NC(C)c1c(O)cccc1O. The topological polar surface area (TPSA) is 61.7 Å². The lowest BCUT2D eigenvalue weighted by Crippen LogP contribution is -2.09. The third-order valence-corrected chi connectivity index (χ3v) is 3.34. The molecule has 2 rings (SSSR count). The zero-order chi connectivity index (χ0) is 15.4. The van der Waals surface area contributed by atoms with Crippen LogP contribution in [-0.2, 0) is 0 Å². The van der Waals surface area contributed by atoms with Gasteiger partial charge in [-0.1, -0.05) is 17.7 Å². The minimum atomic E-state index is -0.316. The number of halogens is 1. The maximum Gasteiger partial charge on any atom is 0.142 e. The number of benzene rings is 2. The molecule has 112 valence electrons. The second kappa shape index (κ2) is 6.59. The summed E-state index contributed by atoms with van der Waals surface area (Å²) in [5.41, 5.74) is 1.14. The Balaban J connectivity index is 2.31. The van der Waals surface area contributed by atoms with Crippen LogP contribution >= 0.6 is 11.6 Å². The Hall–Kier alpha value is -2.07. The van der Waals surface area contributed by atoms with E-state index in [4.69, 9.17) is 16.3 Å². The van der Waals surface area contributed by atoms with Crippen molar-refractivity contribution in [1.82, 2.24) is 0 Å². The van der Waals surface area contributed by atoms with Crippen LogP contribution in [0.3, 0.4) is 0 Å². The fraction of sp³-hybridized carbons (Fsp3) is 0.250. The van der Waals surface area contributed by atoms with Crippen molar-refractivity contribution in [3.8, 4) is 17.2 Å². The minimum absolute atomic E-state index is 0.0370. The van der Waals surface area contributed by atoms with Gasteiger partial charge in [0, 0.05) is 5.02 Å². The smallest absolute Gasteiger partial charge is 0.142 e.